The lowest BCUT2D eigenvalue weighted by Gasteiger charge is -2.39. The molecule has 0 aliphatic carbocycles. The zero-order valence-corrected chi connectivity index (χ0v) is 10.4. The van der Waals surface area contributed by atoms with Crippen LogP contribution in [0, 0.1) is 0 Å². The molecule has 1 aromatic heterocycles. The van der Waals surface area contributed by atoms with E-state index in [1.165, 1.54) is 0 Å². The maximum atomic E-state index is 5.69. The summed E-state index contributed by atoms with van der Waals surface area (Å²) >= 11 is 0. The lowest BCUT2D eigenvalue weighted by atomic mass is 10.2. The molecule has 4 N–H and O–H groups in total. The second-order valence-electron chi connectivity index (χ2n) is 4.43. The molecule has 6 heteroatoms. The SMILES string of the molecule is CCN1CCN(c2cc(N)nc(N)n2)CC1C. The van der Waals surface area contributed by atoms with Gasteiger partial charge >= 0.3 is 0 Å². The van der Waals surface area contributed by atoms with Gasteiger partial charge in [0.05, 0.1) is 0 Å². The number of nitrogens with two attached hydrogens (primary N) is 2. The van der Waals surface area contributed by atoms with Crippen molar-refractivity contribution in [3.05, 3.63) is 6.07 Å². The largest absolute Gasteiger partial charge is 0.383 e. The van der Waals surface area contributed by atoms with Crippen LogP contribution in [-0.4, -0.2) is 47.1 Å². The summed E-state index contributed by atoms with van der Waals surface area (Å²) in [5, 5.41) is 0. The maximum Gasteiger partial charge on any atom is 0.223 e. The van der Waals surface area contributed by atoms with Crippen LogP contribution < -0.4 is 16.4 Å². The van der Waals surface area contributed by atoms with Gasteiger partial charge in [0.1, 0.15) is 11.6 Å². The summed E-state index contributed by atoms with van der Waals surface area (Å²) in [4.78, 5) is 12.8. The molecule has 1 aromatic rings. The lowest BCUT2D eigenvalue weighted by Crippen LogP contribution is -2.52. The Hall–Kier alpha value is -1.56. The third-order valence-electron chi connectivity index (χ3n) is 3.24. The van der Waals surface area contributed by atoms with Gasteiger partial charge in [0.25, 0.3) is 0 Å². The highest BCUT2D eigenvalue weighted by atomic mass is 15.3. The van der Waals surface area contributed by atoms with Gasteiger partial charge in [-0.15, -0.1) is 0 Å². The normalized spacial score (nSPS) is 21.8. The van der Waals surface area contributed by atoms with Crippen LogP contribution in [0.1, 0.15) is 13.8 Å². The Morgan fingerprint density at radius 1 is 1.35 bits per heavy atom. The van der Waals surface area contributed by atoms with E-state index in [0.717, 1.165) is 32.0 Å². The molecule has 94 valence electrons. The van der Waals surface area contributed by atoms with Crippen LogP contribution in [0.2, 0.25) is 0 Å². The fraction of sp³-hybridized carbons (Fsp3) is 0.636. The highest BCUT2D eigenvalue weighted by Crippen LogP contribution is 2.19. The Morgan fingerprint density at radius 2 is 2.12 bits per heavy atom. The molecular weight excluding hydrogens is 216 g/mol. The highest BCUT2D eigenvalue weighted by molar-refractivity contribution is 5.50. The molecule has 0 radical (unpaired) electrons. The first-order chi connectivity index (χ1) is 8.10. The molecule has 2 rings (SSSR count). The molecule has 1 fully saturated rings. The molecule has 1 aliphatic heterocycles. The van der Waals surface area contributed by atoms with Crippen LogP contribution in [0.3, 0.4) is 0 Å². The van der Waals surface area contributed by atoms with E-state index in [4.69, 9.17) is 11.5 Å². The third-order valence-corrected chi connectivity index (χ3v) is 3.24. The Labute approximate surface area is 102 Å². The Bertz CT molecular complexity index is 373. The van der Waals surface area contributed by atoms with Gasteiger partial charge in [-0.2, -0.15) is 9.97 Å². The first-order valence-corrected chi connectivity index (χ1v) is 5.99. The van der Waals surface area contributed by atoms with Crippen molar-refractivity contribution in [1.82, 2.24) is 14.9 Å². The molecule has 0 saturated carbocycles. The fourth-order valence-electron chi connectivity index (χ4n) is 2.31. The van der Waals surface area contributed by atoms with Gasteiger partial charge in [0.15, 0.2) is 0 Å². The van der Waals surface area contributed by atoms with Crippen molar-refractivity contribution < 1.29 is 0 Å². The average Bonchev–Trinajstić information content (AvgIpc) is 2.27. The summed E-state index contributed by atoms with van der Waals surface area (Å²) in [5.41, 5.74) is 11.3. The summed E-state index contributed by atoms with van der Waals surface area (Å²) in [5.74, 6) is 1.50. The molecule has 1 saturated heterocycles. The van der Waals surface area contributed by atoms with E-state index < -0.39 is 0 Å². The number of rotatable bonds is 2. The zero-order valence-electron chi connectivity index (χ0n) is 10.4. The van der Waals surface area contributed by atoms with Gasteiger partial charge in [-0.25, -0.2) is 0 Å². The van der Waals surface area contributed by atoms with Gasteiger partial charge in [-0.1, -0.05) is 6.92 Å². The molecule has 17 heavy (non-hydrogen) atoms. The standard InChI is InChI=1S/C11H20N6/c1-3-16-4-5-17(7-8(16)2)10-6-9(12)14-11(13)15-10/h6,8H,3-5,7H2,1-2H3,(H4,12,13,14,15). The van der Waals surface area contributed by atoms with Crippen LogP contribution in [0.25, 0.3) is 0 Å². The summed E-state index contributed by atoms with van der Waals surface area (Å²) < 4.78 is 0. The van der Waals surface area contributed by atoms with Crippen LogP contribution in [0.4, 0.5) is 17.6 Å². The molecule has 0 spiro atoms. The van der Waals surface area contributed by atoms with Crippen LogP contribution in [0.15, 0.2) is 6.07 Å². The second kappa shape index (κ2) is 4.75. The molecular formula is C11H20N6. The van der Waals surface area contributed by atoms with Crippen molar-refractivity contribution in [3.63, 3.8) is 0 Å². The molecule has 0 amide bonds. The highest BCUT2D eigenvalue weighted by Gasteiger charge is 2.23. The van der Waals surface area contributed by atoms with E-state index in [1.807, 2.05) is 0 Å². The summed E-state index contributed by atoms with van der Waals surface area (Å²) in [6.07, 6.45) is 0. The predicted octanol–water partition coefficient (Wildman–Crippen LogP) is 0.171. The van der Waals surface area contributed by atoms with Crippen molar-refractivity contribution in [1.29, 1.82) is 0 Å². The first-order valence-electron chi connectivity index (χ1n) is 5.99. The Kier molecular flexibility index (Phi) is 3.33. The minimum Gasteiger partial charge on any atom is -0.383 e. The average molecular weight is 236 g/mol. The minimum atomic E-state index is 0.241. The number of nitrogens with zero attached hydrogens (tertiary/aromatic N) is 4. The minimum absolute atomic E-state index is 0.241. The van der Waals surface area contributed by atoms with E-state index in [0.29, 0.717) is 11.9 Å². The van der Waals surface area contributed by atoms with E-state index >= 15 is 0 Å². The summed E-state index contributed by atoms with van der Waals surface area (Å²) in [7, 11) is 0. The van der Waals surface area contributed by atoms with E-state index in [-0.39, 0.29) is 5.95 Å². The number of nitrogen functional groups attached to an aromatic ring is 2. The second-order valence-corrected chi connectivity index (χ2v) is 4.43. The summed E-state index contributed by atoms with van der Waals surface area (Å²) in [6.45, 7) is 8.44. The number of anilines is 3. The molecule has 0 bridgehead atoms. The number of hydrogen-bond donors (Lipinski definition) is 2. The van der Waals surface area contributed by atoms with Gasteiger partial charge in [-0.3, -0.25) is 4.90 Å². The molecule has 1 unspecified atom stereocenters. The van der Waals surface area contributed by atoms with Gasteiger partial charge in [0, 0.05) is 31.7 Å². The maximum absolute atomic E-state index is 5.69. The molecule has 0 aromatic carbocycles. The Balaban J connectivity index is 2.13. The molecule has 6 nitrogen and oxygen atoms in total. The van der Waals surface area contributed by atoms with Crippen LogP contribution in [0.5, 0.6) is 0 Å². The van der Waals surface area contributed by atoms with Crippen molar-refractivity contribution in [3.8, 4) is 0 Å². The smallest absolute Gasteiger partial charge is 0.223 e. The molecule has 1 atom stereocenters. The van der Waals surface area contributed by atoms with Crippen molar-refractivity contribution >= 4 is 17.6 Å². The number of piperazine rings is 1. The summed E-state index contributed by atoms with van der Waals surface area (Å²) in [6, 6.07) is 2.30. The van der Waals surface area contributed by atoms with Crippen molar-refractivity contribution in [2.24, 2.45) is 0 Å². The van der Waals surface area contributed by atoms with E-state index in [9.17, 15) is 0 Å². The van der Waals surface area contributed by atoms with Gasteiger partial charge in [0.2, 0.25) is 5.95 Å². The quantitative estimate of drug-likeness (QED) is 0.761. The fourth-order valence-corrected chi connectivity index (χ4v) is 2.31. The van der Waals surface area contributed by atoms with E-state index in [2.05, 4.69) is 33.6 Å². The zero-order chi connectivity index (χ0) is 12.4. The van der Waals surface area contributed by atoms with Gasteiger partial charge in [-0.05, 0) is 13.5 Å². The van der Waals surface area contributed by atoms with Crippen molar-refractivity contribution in [2.75, 3.05) is 42.5 Å². The lowest BCUT2D eigenvalue weighted by molar-refractivity contribution is 0.199. The first kappa shape index (κ1) is 11.9. The van der Waals surface area contributed by atoms with Crippen molar-refractivity contribution in [2.45, 2.75) is 19.9 Å². The molecule has 2 heterocycles. The number of likely N-dealkylation sites (N-methyl/N-ethyl adjacent to an activating group) is 1. The van der Waals surface area contributed by atoms with Crippen LogP contribution in [-0.2, 0) is 0 Å². The Morgan fingerprint density at radius 3 is 2.71 bits per heavy atom. The number of aromatic nitrogens is 2. The number of hydrogen-bond acceptors (Lipinski definition) is 6. The van der Waals surface area contributed by atoms with Gasteiger partial charge < -0.3 is 16.4 Å². The molecule has 1 aliphatic rings. The van der Waals surface area contributed by atoms with E-state index in [1.54, 1.807) is 6.07 Å². The third kappa shape index (κ3) is 2.58. The van der Waals surface area contributed by atoms with Crippen LogP contribution >= 0.6 is 0 Å². The monoisotopic (exact) mass is 236 g/mol. The predicted molar refractivity (Wildman–Crippen MR) is 69.8 cm³/mol. The topological polar surface area (TPSA) is 84.3 Å².